The van der Waals surface area contributed by atoms with Gasteiger partial charge in [-0.25, -0.2) is 0 Å². The van der Waals surface area contributed by atoms with Gasteiger partial charge in [0, 0.05) is 25.3 Å². The molecule has 0 spiro atoms. The highest BCUT2D eigenvalue weighted by molar-refractivity contribution is 7.99. The predicted molar refractivity (Wildman–Crippen MR) is 53.7 cm³/mol. The normalized spacial score (nSPS) is 20.4. The molecule has 1 aliphatic rings. The molecular formula is C9H17NOS. The maximum atomic E-state index is 10.7. The quantitative estimate of drug-likeness (QED) is 0.666. The van der Waals surface area contributed by atoms with Crippen molar-refractivity contribution in [1.82, 2.24) is 4.90 Å². The molecule has 1 saturated heterocycles. The first-order valence-corrected chi connectivity index (χ1v) is 5.74. The van der Waals surface area contributed by atoms with Crippen LogP contribution in [0.1, 0.15) is 19.8 Å². The van der Waals surface area contributed by atoms with Gasteiger partial charge in [-0.2, -0.15) is 11.8 Å². The summed E-state index contributed by atoms with van der Waals surface area (Å²) < 4.78 is 0. The van der Waals surface area contributed by atoms with E-state index >= 15 is 0 Å². The first kappa shape index (κ1) is 10.1. The number of ketones is 1. The Bertz CT molecular complexity index is 141. The summed E-state index contributed by atoms with van der Waals surface area (Å²) in [5.41, 5.74) is 0. The summed E-state index contributed by atoms with van der Waals surface area (Å²) >= 11 is 2.03. The standard InChI is InChI=1S/C9H17NOS/c1-9(11)3-5-10-4-2-7-12-8-6-10/h2-8H2,1H3. The van der Waals surface area contributed by atoms with E-state index in [1.165, 1.54) is 24.5 Å². The SMILES string of the molecule is CC(=O)CCN1CCCSCC1. The number of Topliss-reactive ketones (excluding diaryl/α,β-unsaturated/α-hetero) is 1. The second kappa shape index (κ2) is 5.60. The third-order valence-electron chi connectivity index (χ3n) is 2.09. The molecule has 0 aliphatic carbocycles. The summed E-state index contributed by atoms with van der Waals surface area (Å²) in [5, 5.41) is 0. The first-order valence-electron chi connectivity index (χ1n) is 4.58. The lowest BCUT2D eigenvalue weighted by Crippen LogP contribution is -2.28. The number of hydrogen-bond acceptors (Lipinski definition) is 3. The van der Waals surface area contributed by atoms with Crippen molar-refractivity contribution in [2.75, 3.05) is 31.1 Å². The molecule has 0 N–H and O–H groups in total. The van der Waals surface area contributed by atoms with E-state index in [1.807, 2.05) is 11.8 Å². The van der Waals surface area contributed by atoms with Crippen LogP contribution in [-0.4, -0.2) is 41.8 Å². The molecule has 0 atom stereocenters. The molecule has 0 unspecified atom stereocenters. The number of carbonyl (C=O) groups is 1. The van der Waals surface area contributed by atoms with Gasteiger partial charge in [0.2, 0.25) is 0 Å². The average molecular weight is 187 g/mol. The zero-order valence-corrected chi connectivity index (χ0v) is 8.53. The lowest BCUT2D eigenvalue weighted by atomic mass is 10.3. The third-order valence-corrected chi connectivity index (χ3v) is 3.14. The van der Waals surface area contributed by atoms with Crippen LogP contribution >= 0.6 is 11.8 Å². The molecule has 70 valence electrons. The Morgan fingerprint density at radius 2 is 2.25 bits per heavy atom. The molecule has 1 rings (SSSR count). The van der Waals surface area contributed by atoms with Gasteiger partial charge in [-0.3, -0.25) is 4.79 Å². The minimum atomic E-state index is 0.312. The van der Waals surface area contributed by atoms with Gasteiger partial charge in [-0.15, -0.1) is 0 Å². The Hall–Kier alpha value is -0.0200. The molecule has 0 bridgehead atoms. The molecule has 0 amide bonds. The topological polar surface area (TPSA) is 20.3 Å². The molecule has 0 saturated carbocycles. The van der Waals surface area contributed by atoms with E-state index < -0.39 is 0 Å². The monoisotopic (exact) mass is 187 g/mol. The van der Waals surface area contributed by atoms with Crippen molar-refractivity contribution in [3.63, 3.8) is 0 Å². The molecule has 1 fully saturated rings. The fraction of sp³-hybridized carbons (Fsp3) is 0.889. The molecule has 0 aromatic heterocycles. The molecular weight excluding hydrogens is 170 g/mol. The van der Waals surface area contributed by atoms with E-state index in [0.717, 1.165) is 19.5 Å². The van der Waals surface area contributed by atoms with Crippen LogP contribution in [0.2, 0.25) is 0 Å². The maximum Gasteiger partial charge on any atom is 0.131 e. The molecule has 1 aliphatic heterocycles. The van der Waals surface area contributed by atoms with Gasteiger partial charge in [0.15, 0.2) is 0 Å². The minimum Gasteiger partial charge on any atom is -0.302 e. The summed E-state index contributed by atoms with van der Waals surface area (Å²) in [6, 6.07) is 0. The number of carbonyl (C=O) groups excluding carboxylic acids is 1. The summed E-state index contributed by atoms with van der Waals surface area (Å²) in [4.78, 5) is 13.1. The Morgan fingerprint density at radius 3 is 3.00 bits per heavy atom. The fourth-order valence-electron chi connectivity index (χ4n) is 1.34. The van der Waals surface area contributed by atoms with Gasteiger partial charge in [0.05, 0.1) is 0 Å². The van der Waals surface area contributed by atoms with Crippen molar-refractivity contribution >= 4 is 17.5 Å². The van der Waals surface area contributed by atoms with Gasteiger partial charge in [0.25, 0.3) is 0 Å². The van der Waals surface area contributed by atoms with E-state index in [0.29, 0.717) is 5.78 Å². The largest absolute Gasteiger partial charge is 0.302 e. The first-order chi connectivity index (χ1) is 5.79. The van der Waals surface area contributed by atoms with Crippen LogP contribution in [0.15, 0.2) is 0 Å². The Balaban J connectivity index is 2.16. The number of nitrogens with zero attached hydrogens (tertiary/aromatic N) is 1. The van der Waals surface area contributed by atoms with Gasteiger partial charge in [-0.1, -0.05) is 0 Å². The number of hydrogen-bond donors (Lipinski definition) is 0. The van der Waals surface area contributed by atoms with Crippen LogP contribution in [0.5, 0.6) is 0 Å². The highest BCUT2D eigenvalue weighted by Crippen LogP contribution is 2.09. The molecule has 0 radical (unpaired) electrons. The second-order valence-electron chi connectivity index (χ2n) is 3.26. The van der Waals surface area contributed by atoms with E-state index in [4.69, 9.17) is 0 Å². The molecule has 0 aromatic carbocycles. The highest BCUT2D eigenvalue weighted by Gasteiger charge is 2.08. The van der Waals surface area contributed by atoms with E-state index in [9.17, 15) is 4.79 Å². The van der Waals surface area contributed by atoms with Gasteiger partial charge < -0.3 is 4.90 Å². The van der Waals surface area contributed by atoms with Crippen molar-refractivity contribution in [2.45, 2.75) is 19.8 Å². The zero-order chi connectivity index (χ0) is 8.81. The van der Waals surface area contributed by atoms with Crippen molar-refractivity contribution in [2.24, 2.45) is 0 Å². The van der Waals surface area contributed by atoms with Crippen molar-refractivity contribution in [3.8, 4) is 0 Å². The number of thioether (sulfide) groups is 1. The summed E-state index contributed by atoms with van der Waals surface area (Å²) in [6.45, 7) is 4.99. The van der Waals surface area contributed by atoms with Gasteiger partial charge in [0.1, 0.15) is 5.78 Å². The zero-order valence-electron chi connectivity index (χ0n) is 7.71. The predicted octanol–water partition coefficient (Wildman–Crippen LogP) is 1.40. The van der Waals surface area contributed by atoms with Crippen molar-refractivity contribution in [1.29, 1.82) is 0 Å². The molecule has 3 heteroatoms. The van der Waals surface area contributed by atoms with Crippen LogP contribution in [-0.2, 0) is 4.79 Å². The van der Waals surface area contributed by atoms with Crippen LogP contribution in [0, 0.1) is 0 Å². The highest BCUT2D eigenvalue weighted by atomic mass is 32.2. The minimum absolute atomic E-state index is 0.312. The number of rotatable bonds is 3. The molecule has 1 heterocycles. The second-order valence-corrected chi connectivity index (χ2v) is 4.48. The van der Waals surface area contributed by atoms with E-state index in [1.54, 1.807) is 6.92 Å². The summed E-state index contributed by atoms with van der Waals surface area (Å²) in [6.07, 6.45) is 2.01. The maximum absolute atomic E-state index is 10.7. The third kappa shape index (κ3) is 4.12. The summed E-state index contributed by atoms with van der Waals surface area (Å²) in [5.74, 6) is 2.83. The molecule has 0 aromatic rings. The van der Waals surface area contributed by atoms with Gasteiger partial charge in [-0.05, 0) is 25.6 Å². The van der Waals surface area contributed by atoms with Gasteiger partial charge >= 0.3 is 0 Å². The molecule has 12 heavy (non-hydrogen) atoms. The summed E-state index contributed by atoms with van der Waals surface area (Å²) in [7, 11) is 0. The Kier molecular flexibility index (Phi) is 4.69. The van der Waals surface area contributed by atoms with Crippen LogP contribution < -0.4 is 0 Å². The van der Waals surface area contributed by atoms with E-state index in [2.05, 4.69) is 4.90 Å². The lowest BCUT2D eigenvalue weighted by Gasteiger charge is -2.17. The molecule has 2 nitrogen and oxygen atoms in total. The lowest BCUT2D eigenvalue weighted by molar-refractivity contribution is -0.117. The Morgan fingerprint density at radius 1 is 1.42 bits per heavy atom. The smallest absolute Gasteiger partial charge is 0.131 e. The van der Waals surface area contributed by atoms with Crippen LogP contribution in [0.4, 0.5) is 0 Å². The van der Waals surface area contributed by atoms with Crippen molar-refractivity contribution in [3.05, 3.63) is 0 Å². The van der Waals surface area contributed by atoms with Crippen LogP contribution in [0.25, 0.3) is 0 Å². The average Bonchev–Trinajstić information content (AvgIpc) is 2.28. The Labute approximate surface area is 78.7 Å². The fourth-order valence-corrected chi connectivity index (χ4v) is 2.26. The van der Waals surface area contributed by atoms with E-state index in [-0.39, 0.29) is 0 Å². The van der Waals surface area contributed by atoms with Crippen molar-refractivity contribution < 1.29 is 4.79 Å². The van der Waals surface area contributed by atoms with Crippen LogP contribution in [0.3, 0.4) is 0 Å².